The number of aryl methyl sites for hydroxylation is 1. The fourth-order valence-electron chi connectivity index (χ4n) is 4.62. The number of fused-ring (bicyclic) bond motifs is 2. The summed E-state index contributed by atoms with van der Waals surface area (Å²) >= 11 is 0. The predicted octanol–water partition coefficient (Wildman–Crippen LogP) is 1.69. The monoisotopic (exact) mass is 273 g/mol. The van der Waals surface area contributed by atoms with Gasteiger partial charge in [0.05, 0.1) is 0 Å². The first-order chi connectivity index (χ1) is 9.87. The summed E-state index contributed by atoms with van der Waals surface area (Å²) in [5.74, 6) is 2.99. The van der Waals surface area contributed by atoms with E-state index in [1.54, 1.807) is 0 Å². The molecule has 0 bridgehead atoms. The van der Waals surface area contributed by atoms with E-state index in [1.165, 1.54) is 68.9 Å². The molecule has 0 spiro atoms. The molecule has 3 heterocycles. The normalized spacial score (nSPS) is 33.8. The van der Waals surface area contributed by atoms with Crippen molar-refractivity contribution >= 4 is 0 Å². The van der Waals surface area contributed by atoms with Crippen LogP contribution in [0.5, 0.6) is 0 Å². The van der Waals surface area contributed by atoms with Crippen molar-refractivity contribution in [3.63, 3.8) is 0 Å². The minimum Gasteiger partial charge on any atom is -0.361 e. The summed E-state index contributed by atoms with van der Waals surface area (Å²) in [6.45, 7) is 6.27. The van der Waals surface area contributed by atoms with Crippen LogP contribution in [0.25, 0.3) is 0 Å². The first-order valence-electron chi connectivity index (χ1n) is 8.29. The van der Waals surface area contributed by atoms with Crippen LogP contribution in [0.4, 0.5) is 0 Å². The van der Waals surface area contributed by atoms with Crippen molar-refractivity contribution in [1.29, 1.82) is 0 Å². The molecule has 0 aromatic carbocycles. The third kappa shape index (κ3) is 1.85. The Kier molecular flexibility index (Phi) is 2.53. The molecule has 0 N–H and O–H groups in total. The van der Waals surface area contributed by atoms with Crippen LogP contribution in [0.3, 0.4) is 0 Å². The third-order valence-corrected chi connectivity index (χ3v) is 5.81. The van der Waals surface area contributed by atoms with Gasteiger partial charge in [-0.2, -0.15) is 0 Å². The molecule has 4 heteroatoms. The van der Waals surface area contributed by atoms with Crippen molar-refractivity contribution in [2.75, 3.05) is 26.2 Å². The van der Waals surface area contributed by atoms with Gasteiger partial charge in [-0.1, -0.05) is 5.16 Å². The molecule has 4 aliphatic rings. The number of nitrogens with zero attached hydrogens (tertiary/aromatic N) is 3. The average molecular weight is 273 g/mol. The lowest BCUT2D eigenvalue weighted by Crippen LogP contribution is -2.30. The molecule has 4 nitrogen and oxygen atoms in total. The van der Waals surface area contributed by atoms with E-state index >= 15 is 0 Å². The van der Waals surface area contributed by atoms with Crippen LogP contribution >= 0.6 is 0 Å². The van der Waals surface area contributed by atoms with E-state index < -0.39 is 0 Å². The van der Waals surface area contributed by atoms with Crippen LogP contribution in [-0.4, -0.2) is 47.2 Å². The van der Waals surface area contributed by atoms with E-state index in [9.17, 15) is 0 Å². The second kappa shape index (κ2) is 4.31. The standard InChI is InChI=1S/C16H23N3O/c1-2-14-15(17-20-16(14)3-1)10-18-6-11-8-19(13-4-5-13)9-12(11)7-18/h11-13H,1-10H2. The van der Waals surface area contributed by atoms with E-state index in [0.717, 1.165) is 30.8 Å². The highest BCUT2D eigenvalue weighted by Gasteiger charge is 2.44. The minimum absolute atomic E-state index is 0.913. The summed E-state index contributed by atoms with van der Waals surface area (Å²) in [7, 11) is 0. The van der Waals surface area contributed by atoms with Gasteiger partial charge in [0.25, 0.3) is 0 Å². The molecule has 2 saturated heterocycles. The second-order valence-corrected chi connectivity index (χ2v) is 7.28. The van der Waals surface area contributed by atoms with Gasteiger partial charge >= 0.3 is 0 Å². The lowest BCUT2D eigenvalue weighted by atomic mass is 10.0. The maximum atomic E-state index is 5.48. The van der Waals surface area contributed by atoms with Crippen LogP contribution in [0, 0.1) is 11.8 Å². The number of likely N-dealkylation sites (tertiary alicyclic amines) is 2. The molecule has 0 radical (unpaired) electrons. The van der Waals surface area contributed by atoms with Crippen molar-refractivity contribution in [2.24, 2.45) is 11.8 Å². The molecular formula is C16H23N3O. The summed E-state index contributed by atoms with van der Waals surface area (Å²) in [5, 5.41) is 4.32. The van der Waals surface area contributed by atoms with Gasteiger partial charge in [-0.05, 0) is 37.5 Å². The predicted molar refractivity (Wildman–Crippen MR) is 75.4 cm³/mol. The highest BCUT2D eigenvalue weighted by atomic mass is 16.5. The molecule has 5 rings (SSSR count). The van der Waals surface area contributed by atoms with Crippen LogP contribution in [0.15, 0.2) is 4.52 Å². The van der Waals surface area contributed by atoms with E-state index in [2.05, 4.69) is 15.0 Å². The van der Waals surface area contributed by atoms with Crippen molar-refractivity contribution in [2.45, 2.75) is 44.7 Å². The molecule has 2 aliphatic carbocycles. The Labute approximate surface area is 120 Å². The number of aromatic nitrogens is 1. The summed E-state index contributed by atoms with van der Waals surface area (Å²) in [6, 6.07) is 0.952. The Morgan fingerprint density at radius 2 is 1.85 bits per heavy atom. The van der Waals surface area contributed by atoms with Crippen molar-refractivity contribution < 1.29 is 4.52 Å². The molecule has 2 atom stereocenters. The van der Waals surface area contributed by atoms with Gasteiger partial charge in [0.1, 0.15) is 11.5 Å². The lowest BCUT2D eigenvalue weighted by Gasteiger charge is -2.20. The van der Waals surface area contributed by atoms with Gasteiger partial charge in [-0.3, -0.25) is 9.80 Å². The Hall–Kier alpha value is -0.870. The highest BCUT2D eigenvalue weighted by molar-refractivity contribution is 5.27. The van der Waals surface area contributed by atoms with E-state index in [1.807, 2.05) is 0 Å². The molecular weight excluding hydrogens is 250 g/mol. The van der Waals surface area contributed by atoms with Crippen LogP contribution in [-0.2, 0) is 19.4 Å². The maximum absolute atomic E-state index is 5.48. The fraction of sp³-hybridized carbons (Fsp3) is 0.812. The zero-order valence-corrected chi connectivity index (χ0v) is 12.1. The van der Waals surface area contributed by atoms with Gasteiger partial charge in [-0.15, -0.1) is 0 Å². The zero-order chi connectivity index (χ0) is 13.1. The first kappa shape index (κ1) is 11.8. The van der Waals surface area contributed by atoms with Gasteiger partial charge in [0.15, 0.2) is 0 Å². The molecule has 2 aliphatic heterocycles. The van der Waals surface area contributed by atoms with Crippen molar-refractivity contribution in [1.82, 2.24) is 15.0 Å². The van der Waals surface area contributed by atoms with Crippen molar-refractivity contribution in [3.8, 4) is 0 Å². The molecule has 108 valence electrons. The number of hydrogen-bond acceptors (Lipinski definition) is 4. The number of rotatable bonds is 3. The Morgan fingerprint density at radius 1 is 1.05 bits per heavy atom. The largest absolute Gasteiger partial charge is 0.361 e. The van der Waals surface area contributed by atoms with Gasteiger partial charge < -0.3 is 4.52 Å². The zero-order valence-electron chi connectivity index (χ0n) is 12.1. The van der Waals surface area contributed by atoms with Gasteiger partial charge in [0, 0.05) is 50.7 Å². The minimum atomic E-state index is 0.913. The molecule has 2 unspecified atom stereocenters. The smallest absolute Gasteiger partial charge is 0.140 e. The molecule has 20 heavy (non-hydrogen) atoms. The molecule has 1 aromatic rings. The highest BCUT2D eigenvalue weighted by Crippen LogP contribution is 2.38. The van der Waals surface area contributed by atoms with Crippen LogP contribution in [0.1, 0.15) is 36.3 Å². The fourth-order valence-corrected chi connectivity index (χ4v) is 4.62. The van der Waals surface area contributed by atoms with Crippen molar-refractivity contribution in [3.05, 3.63) is 17.0 Å². The first-order valence-corrected chi connectivity index (χ1v) is 8.29. The molecule has 3 fully saturated rings. The van der Waals surface area contributed by atoms with E-state index in [4.69, 9.17) is 4.52 Å². The summed E-state index contributed by atoms with van der Waals surface area (Å²) in [4.78, 5) is 5.37. The summed E-state index contributed by atoms with van der Waals surface area (Å²) < 4.78 is 5.48. The Bertz CT molecular complexity index is 508. The summed E-state index contributed by atoms with van der Waals surface area (Å²) in [5.41, 5.74) is 2.66. The quantitative estimate of drug-likeness (QED) is 0.839. The average Bonchev–Trinajstić information content (AvgIpc) is 2.77. The summed E-state index contributed by atoms with van der Waals surface area (Å²) in [6.07, 6.45) is 6.45. The SMILES string of the molecule is C1Cc2onc(CN3CC4CN(C5CC5)CC4C3)c2C1. The van der Waals surface area contributed by atoms with Crippen LogP contribution < -0.4 is 0 Å². The molecule has 0 amide bonds. The lowest BCUT2D eigenvalue weighted by molar-refractivity contribution is 0.240. The number of hydrogen-bond donors (Lipinski definition) is 0. The third-order valence-electron chi connectivity index (χ3n) is 5.81. The molecule has 1 saturated carbocycles. The topological polar surface area (TPSA) is 32.5 Å². The van der Waals surface area contributed by atoms with E-state index in [-0.39, 0.29) is 0 Å². The van der Waals surface area contributed by atoms with Gasteiger partial charge in [0.2, 0.25) is 0 Å². The second-order valence-electron chi connectivity index (χ2n) is 7.28. The molecule has 1 aromatic heterocycles. The van der Waals surface area contributed by atoms with Crippen LogP contribution in [0.2, 0.25) is 0 Å². The Balaban J connectivity index is 1.24. The maximum Gasteiger partial charge on any atom is 0.140 e. The van der Waals surface area contributed by atoms with E-state index in [0.29, 0.717) is 0 Å². The van der Waals surface area contributed by atoms with Gasteiger partial charge in [-0.25, -0.2) is 0 Å². The Morgan fingerprint density at radius 3 is 2.60 bits per heavy atom.